The van der Waals surface area contributed by atoms with Crippen molar-refractivity contribution in [3.63, 3.8) is 0 Å². The summed E-state index contributed by atoms with van der Waals surface area (Å²) in [6.07, 6.45) is 3.33. The van der Waals surface area contributed by atoms with Crippen LogP contribution >= 0.6 is 0 Å². The molecular formula is C12H22O5. The van der Waals surface area contributed by atoms with Crippen LogP contribution in [-0.2, 0) is 19.0 Å². The van der Waals surface area contributed by atoms with E-state index in [-0.39, 0.29) is 5.97 Å². The molecule has 0 aliphatic rings. The first-order valence-corrected chi connectivity index (χ1v) is 6.15. The second-order valence-corrected chi connectivity index (χ2v) is 3.50. The fraction of sp³-hybridized carbons (Fsp3) is 0.833. The van der Waals surface area contributed by atoms with Crippen LogP contribution in [0, 0.1) is 0 Å². The molecule has 0 radical (unpaired) electrons. The number of esters is 1. The summed E-state index contributed by atoms with van der Waals surface area (Å²) in [6, 6.07) is 0. The SMILES string of the molecule is CCOC(=O)CCCCCCOC(=O)OCC. The van der Waals surface area contributed by atoms with E-state index in [4.69, 9.17) is 9.47 Å². The standard InChI is InChI=1S/C12H22O5/c1-3-15-11(13)9-7-5-6-8-10-17-12(14)16-4-2/h3-10H2,1-2H3. The second-order valence-electron chi connectivity index (χ2n) is 3.50. The molecule has 0 aliphatic carbocycles. The Hall–Kier alpha value is -1.26. The minimum Gasteiger partial charge on any atom is -0.466 e. The van der Waals surface area contributed by atoms with E-state index >= 15 is 0 Å². The third kappa shape index (κ3) is 11.0. The van der Waals surface area contributed by atoms with Gasteiger partial charge >= 0.3 is 12.1 Å². The lowest BCUT2D eigenvalue weighted by molar-refractivity contribution is -0.143. The quantitative estimate of drug-likeness (QED) is 0.462. The van der Waals surface area contributed by atoms with Crippen LogP contribution in [0.5, 0.6) is 0 Å². The summed E-state index contributed by atoms with van der Waals surface area (Å²) in [7, 11) is 0. The minimum absolute atomic E-state index is 0.143. The highest BCUT2D eigenvalue weighted by Crippen LogP contribution is 2.04. The minimum atomic E-state index is -0.612. The highest BCUT2D eigenvalue weighted by molar-refractivity contribution is 5.69. The molecule has 0 rings (SSSR count). The maximum Gasteiger partial charge on any atom is 0.508 e. The summed E-state index contributed by atoms with van der Waals surface area (Å²) in [5.41, 5.74) is 0. The Labute approximate surface area is 102 Å². The number of carbonyl (C=O) groups is 2. The molecule has 0 amide bonds. The molecular weight excluding hydrogens is 224 g/mol. The van der Waals surface area contributed by atoms with Gasteiger partial charge in [0.25, 0.3) is 0 Å². The molecule has 0 aromatic rings. The predicted octanol–water partition coefficient (Wildman–Crippen LogP) is 2.67. The van der Waals surface area contributed by atoms with E-state index in [0.29, 0.717) is 26.2 Å². The molecule has 5 heteroatoms. The third-order valence-electron chi connectivity index (χ3n) is 2.06. The van der Waals surface area contributed by atoms with Gasteiger partial charge in [-0.1, -0.05) is 12.8 Å². The number of hydrogen-bond acceptors (Lipinski definition) is 5. The van der Waals surface area contributed by atoms with Crippen LogP contribution in [0.3, 0.4) is 0 Å². The van der Waals surface area contributed by atoms with Gasteiger partial charge in [0.05, 0.1) is 19.8 Å². The van der Waals surface area contributed by atoms with E-state index in [1.165, 1.54) is 0 Å². The average molecular weight is 246 g/mol. The summed E-state index contributed by atoms with van der Waals surface area (Å²) >= 11 is 0. The van der Waals surface area contributed by atoms with E-state index in [1.54, 1.807) is 13.8 Å². The van der Waals surface area contributed by atoms with Crippen LogP contribution in [0.1, 0.15) is 46.0 Å². The van der Waals surface area contributed by atoms with Crippen molar-refractivity contribution in [1.82, 2.24) is 0 Å². The van der Waals surface area contributed by atoms with E-state index < -0.39 is 6.16 Å². The molecule has 0 aliphatic heterocycles. The molecule has 0 saturated heterocycles. The Balaban J connectivity index is 3.18. The van der Waals surface area contributed by atoms with E-state index in [9.17, 15) is 9.59 Å². The van der Waals surface area contributed by atoms with Gasteiger partial charge in [0.15, 0.2) is 0 Å². The van der Waals surface area contributed by atoms with E-state index in [2.05, 4.69) is 4.74 Å². The Bertz CT molecular complexity index is 193. The second kappa shape index (κ2) is 11.2. The molecule has 0 aromatic carbocycles. The molecule has 0 bridgehead atoms. The van der Waals surface area contributed by atoms with E-state index in [0.717, 1.165) is 25.7 Å². The van der Waals surface area contributed by atoms with Crippen LogP contribution in [-0.4, -0.2) is 31.9 Å². The van der Waals surface area contributed by atoms with Crippen molar-refractivity contribution in [3.05, 3.63) is 0 Å². The lowest BCUT2D eigenvalue weighted by Crippen LogP contribution is -2.08. The fourth-order valence-electron chi connectivity index (χ4n) is 1.27. The number of ether oxygens (including phenoxy) is 3. The Kier molecular flexibility index (Phi) is 10.4. The molecule has 5 nitrogen and oxygen atoms in total. The van der Waals surface area contributed by atoms with Gasteiger partial charge < -0.3 is 14.2 Å². The van der Waals surface area contributed by atoms with Crippen molar-refractivity contribution in [2.24, 2.45) is 0 Å². The maximum absolute atomic E-state index is 11.0. The van der Waals surface area contributed by atoms with Crippen molar-refractivity contribution in [3.8, 4) is 0 Å². The Morgan fingerprint density at radius 2 is 1.47 bits per heavy atom. The molecule has 100 valence electrons. The van der Waals surface area contributed by atoms with Gasteiger partial charge in [-0.3, -0.25) is 4.79 Å². The molecule has 0 spiro atoms. The highest BCUT2D eigenvalue weighted by Gasteiger charge is 2.02. The van der Waals surface area contributed by atoms with Crippen LogP contribution in [0.2, 0.25) is 0 Å². The monoisotopic (exact) mass is 246 g/mol. The Morgan fingerprint density at radius 3 is 2.12 bits per heavy atom. The third-order valence-corrected chi connectivity index (χ3v) is 2.06. The first-order chi connectivity index (χ1) is 8.20. The van der Waals surface area contributed by atoms with Crippen molar-refractivity contribution >= 4 is 12.1 Å². The predicted molar refractivity (Wildman–Crippen MR) is 62.7 cm³/mol. The summed E-state index contributed by atoms with van der Waals surface area (Å²) in [5.74, 6) is -0.143. The number of carbonyl (C=O) groups excluding carboxylic acids is 2. The lowest BCUT2D eigenvalue weighted by Gasteiger charge is -2.04. The molecule has 17 heavy (non-hydrogen) atoms. The largest absolute Gasteiger partial charge is 0.508 e. The molecule has 0 atom stereocenters. The Morgan fingerprint density at radius 1 is 0.824 bits per heavy atom. The van der Waals surface area contributed by atoms with Gasteiger partial charge in [-0.15, -0.1) is 0 Å². The zero-order valence-electron chi connectivity index (χ0n) is 10.7. The van der Waals surface area contributed by atoms with Gasteiger partial charge in [0, 0.05) is 6.42 Å². The van der Waals surface area contributed by atoms with Gasteiger partial charge in [0.1, 0.15) is 0 Å². The number of hydrogen-bond donors (Lipinski definition) is 0. The van der Waals surface area contributed by atoms with Crippen molar-refractivity contribution < 1.29 is 23.8 Å². The fourth-order valence-corrected chi connectivity index (χ4v) is 1.27. The van der Waals surface area contributed by atoms with Gasteiger partial charge in [0.2, 0.25) is 0 Å². The van der Waals surface area contributed by atoms with Crippen LogP contribution in [0.25, 0.3) is 0 Å². The van der Waals surface area contributed by atoms with Crippen LogP contribution in [0.15, 0.2) is 0 Å². The first kappa shape index (κ1) is 15.7. The van der Waals surface area contributed by atoms with Gasteiger partial charge in [-0.25, -0.2) is 4.79 Å². The smallest absolute Gasteiger partial charge is 0.466 e. The summed E-state index contributed by atoms with van der Waals surface area (Å²) < 4.78 is 14.2. The topological polar surface area (TPSA) is 61.8 Å². The van der Waals surface area contributed by atoms with E-state index in [1.807, 2.05) is 0 Å². The van der Waals surface area contributed by atoms with Crippen LogP contribution < -0.4 is 0 Å². The lowest BCUT2D eigenvalue weighted by atomic mass is 10.1. The zero-order chi connectivity index (χ0) is 12.9. The van der Waals surface area contributed by atoms with Crippen molar-refractivity contribution in [2.45, 2.75) is 46.0 Å². The molecule has 0 aromatic heterocycles. The number of rotatable bonds is 9. The maximum atomic E-state index is 11.0. The first-order valence-electron chi connectivity index (χ1n) is 6.15. The van der Waals surface area contributed by atoms with Gasteiger partial charge in [-0.2, -0.15) is 0 Å². The molecule has 0 unspecified atom stereocenters. The molecule has 0 saturated carbocycles. The highest BCUT2D eigenvalue weighted by atomic mass is 16.7. The van der Waals surface area contributed by atoms with Crippen molar-refractivity contribution in [1.29, 1.82) is 0 Å². The molecule has 0 heterocycles. The normalized spacial score (nSPS) is 9.76. The van der Waals surface area contributed by atoms with Gasteiger partial charge in [-0.05, 0) is 26.7 Å². The zero-order valence-corrected chi connectivity index (χ0v) is 10.7. The number of unbranched alkanes of at least 4 members (excludes halogenated alkanes) is 3. The molecule has 0 fully saturated rings. The molecule has 0 N–H and O–H groups in total. The average Bonchev–Trinajstić information content (AvgIpc) is 2.28. The van der Waals surface area contributed by atoms with Crippen LogP contribution in [0.4, 0.5) is 4.79 Å². The van der Waals surface area contributed by atoms with Crippen molar-refractivity contribution in [2.75, 3.05) is 19.8 Å². The summed E-state index contributed by atoms with van der Waals surface area (Å²) in [5, 5.41) is 0. The summed E-state index contributed by atoms with van der Waals surface area (Å²) in [6.45, 7) is 4.67. The summed E-state index contributed by atoms with van der Waals surface area (Å²) in [4.78, 5) is 21.8.